The van der Waals surface area contributed by atoms with Crippen LogP contribution in [-0.2, 0) is 11.0 Å². The van der Waals surface area contributed by atoms with Crippen LogP contribution in [0, 0.1) is 19.8 Å². The van der Waals surface area contributed by atoms with Gasteiger partial charge >= 0.3 is 6.18 Å². The van der Waals surface area contributed by atoms with Crippen molar-refractivity contribution in [2.45, 2.75) is 45.8 Å². The summed E-state index contributed by atoms with van der Waals surface area (Å²) in [7, 11) is 0. The molecular formula is C19H22ClF3N4O2. The van der Waals surface area contributed by atoms with E-state index >= 15 is 0 Å². The fourth-order valence-corrected chi connectivity index (χ4v) is 3.97. The van der Waals surface area contributed by atoms with E-state index in [0.29, 0.717) is 37.5 Å². The molecule has 0 saturated carbocycles. The summed E-state index contributed by atoms with van der Waals surface area (Å²) in [6.45, 7) is 6.47. The molecule has 0 unspecified atom stereocenters. The molecular weight excluding hydrogens is 409 g/mol. The van der Waals surface area contributed by atoms with Crippen LogP contribution >= 0.6 is 11.6 Å². The van der Waals surface area contributed by atoms with E-state index in [1.165, 1.54) is 0 Å². The molecule has 1 saturated heterocycles. The molecule has 2 aromatic rings. The van der Waals surface area contributed by atoms with Gasteiger partial charge in [0, 0.05) is 30.8 Å². The second-order valence-electron chi connectivity index (χ2n) is 7.26. The van der Waals surface area contributed by atoms with Crippen LogP contribution in [0.15, 0.2) is 16.8 Å². The lowest BCUT2D eigenvalue weighted by Crippen LogP contribution is -2.41. The van der Waals surface area contributed by atoms with Crippen LogP contribution in [0.5, 0.6) is 0 Å². The van der Waals surface area contributed by atoms with Gasteiger partial charge in [0.15, 0.2) is 0 Å². The number of pyridine rings is 1. The lowest BCUT2D eigenvalue weighted by Gasteiger charge is -2.33. The van der Waals surface area contributed by atoms with Crippen LogP contribution in [0.25, 0.3) is 0 Å². The van der Waals surface area contributed by atoms with Crippen LogP contribution in [0.1, 0.15) is 48.4 Å². The number of anilines is 1. The average Bonchev–Trinajstić information content (AvgIpc) is 2.99. The number of carbonyl (C=O) groups excluding carboxylic acids is 1. The van der Waals surface area contributed by atoms with E-state index in [1.807, 2.05) is 18.7 Å². The van der Waals surface area contributed by atoms with Gasteiger partial charge in [-0.3, -0.25) is 4.79 Å². The number of carbonyl (C=O) groups is 1. The van der Waals surface area contributed by atoms with Gasteiger partial charge in [0.2, 0.25) is 5.91 Å². The van der Waals surface area contributed by atoms with E-state index in [0.717, 1.165) is 23.5 Å². The van der Waals surface area contributed by atoms with Crippen LogP contribution in [0.3, 0.4) is 0 Å². The average molecular weight is 431 g/mol. The zero-order valence-corrected chi connectivity index (χ0v) is 17.1. The van der Waals surface area contributed by atoms with E-state index in [2.05, 4.69) is 15.5 Å². The largest absolute Gasteiger partial charge is 0.417 e. The Balaban J connectivity index is 1.60. The maximum absolute atomic E-state index is 12.8. The molecule has 1 aliphatic rings. The normalized spacial score (nSPS) is 16.7. The Hall–Kier alpha value is -2.29. The number of nitrogens with zero attached hydrogens (tertiary/aromatic N) is 3. The topological polar surface area (TPSA) is 71.3 Å². The highest BCUT2D eigenvalue weighted by molar-refractivity contribution is 6.33. The van der Waals surface area contributed by atoms with Gasteiger partial charge in [-0.05, 0) is 39.7 Å². The molecule has 1 aliphatic heterocycles. The Morgan fingerprint density at radius 3 is 2.52 bits per heavy atom. The monoisotopic (exact) mass is 430 g/mol. The number of hydrogen-bond donors (Lipinski definition) is 1. The number of amides is 1. The molecule has 0 aromatic carbocycles. The van der Waals surface area contributed by atoms with E-state index in [-0.39, 0.29) is 22.9 Å². The smallest absolute Gasteiger partial charge is 0.361 e. The Labute approximate surface area is 171 Å². The third-order valence-corrected chi connectivity index (χ3v) is 5.47. The summed E-state index contributed by atoms with van der Waals surface area (Å²) in [5, 5.41) is 6.86. The summed E-state index contributed by atoms with van der Waals surface area (Å²) in [5.74, 6) is 0.724. The molecule has 0 spiro atoms. The summed E-state index contributed by atoms with van der Waals surface area (Å²) in [4.78, 5) is 18.3. The predicted molar refractivity (Wildman–Crippen MR) is 102 cm³/mol. The number of alkyl halides is 3. The van der Waals surface area contributed by atoms with Crippen molar-refractivity contribution in [3.8, 4) is 0 Å². The number of hydrogen-bond acceptors (Lipinski definition) is 5. The first kappa shape index (κ1) is 21.4. The summed E-state index contributed by atoms with van der Waals surface area (Å²) in [5.41, 5.74) is 0.735. The fourth-order valence-electron chi connectivity index (χ4n) is 3.68. The van der Waals surface area contributed by atoms with Crippen molar-refractivity contribution >= 4 is 23.3 Å². The number of rotatable bonds is 4. The first-order chi connectivity index (χ1) is 13.6. The van der Waals surface area contributed by atoms with Crippen molar-refractivity contribution in [2.24, 2.45) is 5.92 Å². The quantitative estimate of drug-likeness (QED) is 0.775. The molecule has 1 atom stereocenters. The van der Waals surface area contributed by atoms with Crippen LogP contribution in [0.4, 0.5) is 19.0 Å². The summed E-state index contributed by atoms with van der Waals surface area (Å²) >= 11 is 6.02. The maximum atomic E-state index is 12.8. The Kier molecular flexibility index (Phi) is 6.07. The highest BCUT2D eigenvalue weighted by Gasteiger charge is 2.33. The third kappa shape index (κ3) is 4.66. The molecule has 0 aliphatic carbocycles. The number of aryl methyl sites for hydroxylation is 2. The van der Waals surface area contributed by atoms with Crippen molar-refractivity contribution in [1.29, 1.82) is 0 Å². The van der Waals surface area contributed by atoms with Crippen molar-refractivity contribution in [3.05, 3.63) is 39.9 Å². The summed E-state index contributed by atoms with van der Waals surface area (Å²) < 4.78 is 43.5. The molecule has 3 heterocycles. The SMILES string of the molecule is Cc1noc(C)c1[C@H](C)NC(=O)C1CCN(c2ncc(C(F)(F)F)cc2Cl)CC1. The molecule has 158 valence electrons. The lowest BCUT2D eigenvalue weighted by molar-refractivity contribution is -0.137. The molecule has 1 amide bonds. The van der Waals surface area contributed by atoms with Crippen molar-refractivity contribution in [1.82, 2.24) is 15.5 Å². The van der Waals surface area contributed by atoms with Gasteiger partial charge in [0.25, 0.3) is 0 Å². The van der Waals surface area contributed by atoms with Crippen molar-refractivity contribution in [2.75, 3.05) is 18.0 Å². The van der Waals surface area contributed by atoms with Gasteiger partial charge in [-0.15, -0.1) is 0 Å². The Morgan fingerprint density at radius 1 is 1.34 bits per heavy atom. The lowest BCUT2D eigenvalue weighted by atomic mass is 9.95. The summed E-state index contributed by atoms with van der Waals surface area (Å²) in [6.07, 6.45) is -2.60. The fraction of sp³-hybridized carbons (Fsp3) is 0.526. The highest BCUT2D eigenvalue weighted by Crippen LogP contribution is 2.34. The highest BCUT2D eigenvalue weighted by atomic mass is 35.5. The number of halogens is 4. The van der Waals surface area contributed by atoms with Crippen molar-refractivity contribution < 1.29 is 22.5 Å². The van der Waals surface area contributed by atoms with E-state index in [1.54, 1.807) is 6.92 Å². The standard InChI is InChI=1S/C19H22ClF3N4O2/c1-10(16-11(2)26-29-12(16)3)25-18(28)13-4-6-27(7-5-13)17-15(20)8-14(9-24-17)19(21,22)23/h8-10,13H,4-7H2,1-3H3,(H,25,28)/t10-/m0/s1. The van der Waals surface area contributed by atoms with Crippen LogP contribution < -0.4 is 10.2 Å². The molecule has 6 nitrogen and oxygen atoms in total. The molecule has 10 heteroatoms. The number of piperidine rings is 1. The van der Waals surface area contributed by atoms with Gasteiger partial charge < -0.3 is 14.7 Å². The summed E-state index contributed by atoms with van der Waals surface area (Å²) in [6, 6.07) is 0.659. The molecule has 2 aromatic heterocycles. The zero-order valence-electron chi connectivity index (χ0n) is 16.3. The van der Waals surface area contributed by atoms with Crippen molar-refractivity contribution in [3.63, 3.8) is 0 Å². The predicted octanol–water partition coefficient (Wildman–Crippen LogP) is 4.45. The molecule has 0 radical (unpaired) electrons. The van der Waals surface area contributed by atoms with Crippen LogP contribution in [-0.4, -0.2) is 29.1 Å². The first-order valence-electron chi connectivity index (χ1n) is 9.28. The van der Waals surface area contributed by atoms with Gasteiger partial charge in [0.05, 0.1) is 22.3 Å². The number of nitrogens with one attached hydrogen (secondary N) is 1. The minimum atomic E-state index is -4.49. The second kappa shape index (κ2) is 8.22. The van der Waals surface area contributed by atoms with Gasteiger partial charge in [-0.25, -0.2) is 4.98 Å². The number of aromatic nitrogens is 2. The van der Waals surface area contributed by atoms with Gasteiger partial charge in [-0.2, -0.15) is 13.2 Å². The van der Waals surface area contributed by atoms with Crippen LogP contribution in [0.2, 0.25) is 5.02 Å². The molecule has 1 N–H and O–H groups in total. The zero-order chi connectivity index (χ0) is 21.3. The second-order valence-corrected chi connectivity index (χ2v) is 7.66. The van der Waals surface area contributed by atoms with E-state index in [9.17, 15) is 18.0 Å². The molecule has 0 bridgehead atoms. The first-order valence-corrected chi connectivity index (χ1v) is 9.66. The Morgan fingerprint density at radius 2 is 2.00 bits per heavy atom. The minimum Gasteiger partial charge on any atom is -0.361 e. The van der Waals surface area contributed by atoms with E-state index in [4.69, 9.17) is 16.1 Å². The molecule has 3 rings (SSSR count). The van der Waals surface area contributed by atoms with Gasteiger partial charge in [0.1, 0.15) is 11.6 Å². The third-order valence-electron chi connectivity index (χ3n) is 5.19. The maximum Gasteiger partial charge on any atom is 0.417 e. The Bertz CT molecular complexity index is 873. The molecule has 1 fully saturated rings. The molecule has 29 heavy (non-hydrogen) atoms. The van der Waals surface area contributed by atoms with Gasteiger partial charge in [-0.1, -0.05) is 16.8 Å². The minimum absolute atomic E-state index is 0.0465. The van der Waals surface area contributed by atoms with E-state index < -0.39 is 11.7 Å².